The first-order valence-electron chi connectivity index (χ1n) is 4.58. The Morgan fingerprint density at radius 2 is 2.29 bits per heavy atom. The van der Waals surface area contributed by atoms with E-state index in [9.17, 15) is 0 Å². The molecular formula is C9H15ClN2O2. The summed E-state index contributed by atoms with van der Waals surface area (Å²) in [5.74, 6) is 0. The van der Waals surface area contributed by atoms with Gasteiger partial charge in [-0.05, 0) is 6.42 Å². The van der Waals surface area contributed by atoms with E-state index in [2.05, 4.69) is 5.10 Å². The Hall–Kier alpha value is -0.580. The molecule has 0 aromatic carbocycles. The molecule has 0 saturated heterocycles. The summed E-state index contributed by atoms with van der Waals surface area (Å²) in [5, 5.41) is 13.9. The fourth-order valence-corrected chi connectivity index (χ4v) is 1.59. The summed E-state index contributed by atoms with van der Waals surface area (Å²) < 4.78 is 6.67. The molecule has 1 N–H and O–H groups in total. The predicted molar refractivity (Wildman–Crippen MR) is 54.2 cm³/mol. The number of ether oxygens (including phenoxy) is 1. The number of methoxy groups -OCH3 is 1. The van der Waals surface area contributed by atoms with Crippen molar-refractivity contribution in [3.63, 3.8) is 0 Å². The fourth-order valence-electron chi connectivity index (χ4n) is 1.29. The molecule has 0 saturated carbocycles. The summed E-state index contributed by atoms with van der Waals surface area (Å²) in [7, 11) is 1.59. The normalized spacial score (nSPS) is 10.9. The minimum Gasteiger partial charge on any atom is -0.391 e. The first kappa shape index (κ1) is 11.5. The molecule has 1 rings (SSSR count). The van der Waals surface area contributed by atoms with Crippen LogP contribution in [0.5, 0.6) is 0 Å². The van der Waals surface area contributed by atoms with Crippen LogP contribution in [0.2, 0.25) is 5.15 Å². The molecule has 1 aromatic rings. The second-order valence-electron chi connectivity index (χ2n) is 3.03. The van der Waals surface area contributed by atoms with Gasteiger partial charge in [0.1, 0.15) is 5.15 Å². The molecule has 0 aliphatic carbocycles. The molecule has 0 unspecified atom stereocenters. The molecule has 1 heterocycles. The summed E-state index contributed by atoms with van der Waals surface area (Å²) in [6, 6.07) is 0. The van der Waals surface area contributed by atoms with Gasteiger partial charge in [0.25, 0.3) is 0 Å². The zero-order valence-electron chi connectivity index (χ0n) is 8.46. The van der Waals surface area contributed by atoms with Gasteiger partial charge in [0.05, 0.1) is 18.9 Å². The number of aliphatic hydroxyl groups excluding tert-OH is 1. The van der Waals surface area contributed by atoms with Crippen LogP contribution in [0, 0.1) is 0 Å². The van der Waals surface area contributed by atoms with Gasteiger partial charge < -0.3 is 9.84 Å². The van der Waals surface area contributed by atoms with Crippen LogP contribution in [0.4, 0.5) is 0 Å². The molecule has 0 fully saturated rings. The summed E-state index contributed by atoms with van der Waals surface area (Å²) in [5.41, 5.74) is 1.38. The Balaban J connectivity index is 2.97. The van der Waals surface area contributed by atoms with Gasteiger partial charge in [0.2, 0.25) is 0 Å². The molecule has 5 heteroatoms. The van der Waals surface area contributed by atoms with E-state index in [1.54, 1.807) is 11.8 Å². The minimum atomic E-state index is -0.0960. The molecule has 0 aliphatic heterocycles. The van der Waals surface area contributed by atoms with Gasteiger partial charge in [-0.1, -0.05) is 18.5 Å². The fraction of sp³-hybridized carbons (Fsp3) is 0.667. The average molecular weight is 219 g/mol. The number of hydrogen-bond acceptors (Lipinski definition) is 3. The smallest absolute Gasteiger partial charge is 0.132 e. The highest BCUT2D eigenvalue weighted by Crippen LogP contribution is 2.21. The van der Waals surface area contributed by atoms with E-state index < -0.39 is 0 Å². The summed E-state index contributed by atoms with van der Waals surface area (Å²) in [6.45, 7) is 3.09. The first-order valence-corrected chi connectivity index (χ1v) is 4.96. The molecule has 14 heavy (non-hydrogen) atoms. The van der Waals surface area contributed by atoms with Gasteiger partial charge in [-0.3, -0.25) is 4.68 Å². The number of rotatable bonds is 5. The van der Waals surface area contributed by atoms with Crippen LogP contribution in [0.25, 0.3) is 0 Å². The van der Waals surface area contributed by atoms with Crippen molar-refractivity contribution in [3.05, 3.63) is 16.4 Å². The summed E-state index contributed by atoms with van der Waals surface area (Å²) in [4.78, 5) is 0. The summed E-state index contributed by atoms with van der Waals surface area (Å²) in [6.07, 6.45) is 0.957. The van der Waals surface area contributed by atoms with Gasteiger partial charge in [-0.25, -0.2) is 0 Å². The molecule has 1 aromatic heterocycles. The molecule has 0 atom stereocenters. The Morgan fingerprint density at radius 1 is 1.57 bits per heavy atom. The largest absolute Gasteiger partial charge is 0.391 e. The standard InChI is InChI=1S/C9H15ClN2O2/c1-3-4-12-9(10)7(5-13)8(11-12)6-14-2/h13H,3-6H2,1-2H3. The Bertz CT molecular complexity index is 299. The molecule has 4 nitrogen and oxygen atoms in total. The third kappa shape index (κ3) is 2.26. The van der Waals surface area contributed by atoms with Crippen LogP contribution in [0.3, 0.4) is 0 Å². The Morgan fingerprint density at radius 3 is 2.79 bits per heavy atom. The second kappa shape index (κ2) is 5.34. The molecule has 0 bridgehead atoms. The van der Waals surface area contributed by atoms with Crippen molar-refractivity contribution in [2.24, 2.45) is 0 Å². The maximum Gasteiger partial charge on any atom is 0.132 e. The highest BCUT2D eigenvalue weighted by molar-refractivity contribution is 6.30. The molecule has 0 spiro atoms. The van der Waals surface area contributed by atoms with E-state index in [1.165, 1.54) is 0 Å². The molecule has 80 valence electrons. The Labute approximate surface area is 88.4 Å². The van der Waals surface area contributed by atoms with Crippen molar-refractivity contribution in [1.82, 2.24) is 9.78 Å². The number of aromatic nitrogens is 2. The van der Waals surface area contributed by atoms with Crippen LogP contribution < -0.4 is 0 Å². The third-order valence-corrected chi connectivity index (χ3v) is 2.36. The van der Waals surface area contributed by atoms with E-state index in [0.29, 0.717) is 23.0 Å². The summed E-state index contributed by atoms with van der Waals surface area (Å²) >= 11 is 6.03. The number of nitrogens with zero attached hydrogens (tertiary/aromatic N) is 2. The lowest BCUT2D eigenvalue weighted by molar-refractivity contribution is 0.177. The van der Waals surface area contributed by atoms with Crippen molar-refractivity contribution in [2.75, 3.05) is 7.11 Å². The maximum atomic E-state index is 9.11. The van der Waals surface area contributed by atoms with E-state index in [-0.39, 0.29) is 6.61 Å². The van der Waals surface area contributed by atoms with Gasteiger partial charge in [-0.15, -0.1) is 0 Å². The van der Waals surface area contributed by atoms with Crippen molar-refractivity contribution in [3.8, 4) is 0 Å². The average Bonchev–Trinajstić information content (AvgIpc) is 2.45. The Kier molecular flexibility index (Phi) is 4.38. The highest BCUT2D eigenvalue weighted by Gasteiger charge is 2.14. The van der Waals surface area contributed by atoms with Gasteiger partial charge in [-0.2, -0.15) is 5.10 Å². The molecule has 0 radical (unpaired) electrons. The van der Waals surface area contributed by atoms with Crippen LogP contribution in [-0.2, 0) is 24.5 Å². The molecular weight excluding hydrogens is 204 g/mol. The molecule has 0 amide bonds. The lowest BCUT2D eigenvalue weighted by Crippen LogP contribution is -2.00. The van der Waals surface area contributed by atoms with Crippen molar-refractivity contribution in [2.45, 2.75) is 33.1 Å². The van der Waals surface area contributed by atoms with E-state index in [4.69, 9.17) is 21.4 Å². The van der Waals surface area contributed by atoms with Gasteiger partial charge in [0.15, 0.2) is 0 Å². The van der Waals surface area contributed by atoms with Crippen molar-refractivity contribution < 1.29 is 9.84 Å². The van der Waals surface area contributed by atoms with Crippen LogP contribution in [0.15, 0.2) is 0 Å². The van der Waals surface area contributed by atoms with Crippen LogP contribution in [0.1, 0.15) is 24.6 Å². The zero-order valence-corrected chi connectivity index (χ0v) is 9.21. The topological polar surface area (TPSA) is 47.3 Å². The first-order chi connectivity index (χ1) is 6.74. The lowest BCUT2D eigenvalue weighted by atomic mass is 10.3. The second-order valence-corrected chi connectivity index (χ2v) is 3.39. The zero-order chi connectivity index (χ0) is 10.6. The van der Waals surface area contributed by atoms with E-state index >= 15 is 0 Å². The van der Waals surface area contributed by atoms with Gasteiger partial charge >= 0.3 is 0 Å². The number of aryl methyl sites for hydroxylation is 1. The number of aliphatic hydroxyl groups is 1. The predicted octanol–water partition coefficient (Wildman–Crippen LogP) is 1.59. The van der Waals surface area contributed by atoms with Gasteiger partial charge in [0, 0.05) is 19.2 Å². The SMILES string of the molecule is CCCn1nc(COC)c(CO)c1Cl. The molecule has 0 aliphatic rings. The monoisotopic (exact) mass is 218 g/mol. The van der Waals surface area contributed by atoms with Crippen LogP contribution in [-0.4, -0.2) is 22.0 Å². The van der Waals surface area contributed by atoms with Crippen molar-refractivity contribution in [1.29, 1.82) is 0 Å². The van der Waals surface area contributed by atoms with Crippen molar-refractivity contribution >= 4 is 11.6 Å². The van der Waals surface area contributed by atoms with E-state index in [0.717, 1.165) is 13.0 Å². The maximum absolute atomic E-state index is 9.11. The number of hydrogen-bond donors (Lipinski definition) is 1. The van der Waals surface area contributed by atoms with E-state index in [1.807, 2.05) is 6.92 Å². The quantitative estimate of drug-likeness (QED) is 0.817. The minimum absolute atomic E-state index is 0.0960. The highest BCUT2D eigenvalue weighted by atomic mass is 35.5. The number of halogens is 1. The third-order valence-electron chi connectivity index (χ3n) is 1.94. The lowest BCUT2D eigenvalue weighted by Gasteiger charge is -1.98. The van der Waals surface area contributed by atoms with Crippen LogP contribution >= 0.6 is 11.6 Å².